The number of aryl methyl sites for hydroxylation is 1. The van der Waals surface area contributed by atoms with Crippen LogP contribution in [-0.4, -0.2) is 30.2 Å². The number of anilines is 1. The van der Waals surface area contributed by atoms with Gasteiger partial charge in [-0.1, -0.05) is 12.1 Å². The Morgan fingerprint density at radius 2 is 1.79 bits per heavy atom. The molecule has 0 bridgehead atoms. The molecule has 0 amide bonds. The molecule has 24 heavy (non-hydrogen) atoms. The van der Waals surface area contributed by atoms with Crippen LogP contribution in [0.25, 0.3) is 22.3 Å². The van der Waals surface area contributed by atoms with E-state index < -0.39 is 0 Å². The molecule has 0 radical (unpaired) electrons. The zero-order valence-corrected chi connectivity index (χ0v) is 14.1. The summed E-state index contributed by atoms with van der Waals surface area (Å²) in [6.07, 6.45) is 2.46. The molecule has 1 aliphatic rings. The molecule has 2 aromatic carbocycles. The second kappa shape index (κ2) is 6.11. The van der Waals surface area contributed by atoms with E-state index in [9.17, 15) is 0 Å². The van der Waals surface area contributed by atoms with Gasteiger partial charge in [-0.3, -0.25) is 0 Å². The van der Waals surface area contributed by atoms with Gasteiger partial charge in [0.25, 0.3) is 0 Å². The fraction of sp³-hybridized carbons (Fsp3) is 0.300. The van der Waals surface area contributed by atoms with Crippen LogP contribution in [0.1, 0.15) is 18.4 Å². The van der Waals surface area contributed by atoms with Crippen molar-refractivity contribution in [2.45, 2.75) is 19.8 Å². The molecule has 0 aliphatic carbocycles. The molecule has 1 aromatic heterocycles. The average molecular weight is 319 g/mol. The van der Waals surface area contributed by atoms with E-state index in [0.717, 1.165) is 52.5 Å². The summed E-state index contributed by atoms with van der Waals surface area (Å²) >= 11 is 0. The van der Waals surface area contributed by atoms with Crippen molar-refractivity contribution in [3.63, 3.8) is 0 Å². The Labute approximate surface area is 142 Å². The number of benzene rings is 2. The second-order valence-corrected chi connectivity index (χ2v) is 6.27. The third-order valence-electron chi connectivity index (χ3n) is 4.64. The minimum absolute atomic E-state index is 0.779. The van der Waals surface area contributed by atoms with Gasteiger partial charge in [-0.2, -0.15) is 0 Å². The lowest BCUT2D eigenvalue weighted by atomic mass is 10.1. The first kappa shape index (κ1) is 14.9. The van der Waals surface area contributed by atoms with E-state index in [-0.39, 0.29) is 0 Å². The van der Waals surface area contributed by atoms with Gasteiger partial charge in [0.15, 0.2) is 5.82 Å². The van der Waals surface area contributed by atoms with Crippen molar-refractivity contribution in [3.8, 4) is 17.1 Å². The zero-order valence-electron chi connectivity index (χ0n) is 14.1. The van der Waals surface area contributed by atoms with Crippen LogP contribution in [0.5, 0.6) is 5.75 Å². The molecule has 122 valence electrons. The first-order valence-electron chi connectivity index (χ1n) is 8.43. The normalized spacial score (nSPS) is 14.3. The van der Waals surface area contributed by atoms with Crippen LogP contribution in [-0.2, 0) is 0 Å². The first-order chi connectivity index (χ1) is 11.8. The third kappa shape index (κ3) is 2.58. The molecule has 0 N–H and O–H groups in total. The van der Waals surface area contributed by atoms with Crippen LogP contribution in [0.15, 0.2) is 42.5 Å². The van der Waals surface area contributed by atoms with Crippen molar-refractivity contribution < 1.29 is 4.74 Å². The Morgan fingerprint density at radius 1 is 1.00 bits per heavy atom. The fourth-order valence-electron chi connectivity index (χ4n) is 3.38. The summed E-state index contributed by atoms with van der Waals surface area (Å²) < 4.78 is 5.36. The molecule has 0 spiro atoms. The van der Waals surface area contributed by atoms with Crippen LogP contribution in [0.4, 0.5) is 5.82 Å². The molecule has 1 aliphatic heterocycles. The molecule has 4 heteroatoms. The largest absolute Gasteiger partial charge is 0.496 e. The van der Waals surface area contributed by atoms with E-state index in [1.54, 1.807) is 7.11 Å². The number of fused-ring (bicyclic) bond motifs is 1. The topological polar surface area (TPSA) is 38.2 Å². The predicted octanol–water partition coefficient (Wildman–Crippen LogP) is 4.21. The quantitative estimate of drug-likeness (QED) is 0.724. The number of methoxy groups -OCH3 is 1. The van der Waals surface area contributed by atoms with E-state index in [0.29, 0.717) is 0 Å². The summed E-state index contributed by atoms with van der Waals surface area (Å²) in [4.78, 5) is 12.1. The maximum Gasteiger partial charge on any atom is 0.162 e. The number of ether oxygens (including phenoxy) is 1. The minimum atomic E-state index is 0.779. The summed E-state index contributed by atoms with van der Waals surface area (Å²) in [5.41, 5.74) is 3.12. The summed E-state index contributed by atoms with van der Waals surface area (Å²) in [5, 5.41) is 1.13. The van der Waals surface area contributed by atoms with Crippen LogP contribution in [0.2, 0.25) is 0 Å². The van der Waals surface area contributed by atoms with Gasteiger partial charge < -0.3 is 9.64 Å². The van der Waals surface area contributed by atoms with Gasteiger partial charge in [-0.15, -0.1) is 0 Å². The highest BCUT2D eigenvalue weighted by Crippen LogP contribution is 2.31. The Kier molecular flexibility index (Phi) is 3.81. The molecule has 3 aromatic rings. The highest BCUT2D eigenvalue weighted by Gasteiger charge is 2.18. The zero-order chi connectivity index (χ0) is 16.5. The lowest BCUT2D eigenvalue weighted by molar-refractivity contribution is 0.412. The maximum atomic E-state index is 5.36. The van der Waals surface area contributed by atoms with Gasteiger partial charge in [-0.25, -0.2) is 9.97 Å². The van der Waals surface area contributed by atoms with Crippen molar-refractivity contribution in [1.82, 2.24) is 9.97 Å². The monoisotopic (exact) mass is 319 g/mol. The van der Waals surface area contributed by atoms with E-state index in [4.69, 9.17) is 14.7 Å². The van der Waals surface area contributed by atoms with Crippen molar-refractivity contribution >= 4 is 16.7 Å². The second-order valence-electron chi connectivity index (χ2n) is 6.27. The summed E-state index contributed by atoms with van der Waals surface area (Å²) in [6.45, 7) is 4.19. The molecule has 2 heterocycles. The smallest absolute Gasteiger partial charge is 0.162 e. The standard InChI is InChI=1S/C20H21N3O/c1-14-13-15(9-10-18(14)24-2)19-21-17-8-4-3-7-16(17)20(22-19)23-11-5-6-12-23/h3-4,7-10,13H,5-6,11-12H2,1-2H3. The SMILES string of the molecule is COc1ccc(-c2nc(N3CCCC3)c3ccccc3n2)cc1C. The summed E-state index contributed by atoms with van der Waals surface area (Å²) in [7, 11) is 1.69. The van der Waals surface area contributed by atoms with E-state index >= 15 is 0 Å². The highest BCUT2D eigenvalue weighted by atomic mass is 16.5. The molecule has 0 unspecified atom stereocenters. The van der Waals surface area contributed by atoms with Gasteiger partial charge >= 0.3 is 0 Å². The van der Waals surface area contributed by atoms with Crippen molar-refractivity contribution in [3.05, 3.63) is 48.0 Å². The number of aromatic nitrogens is 2. The van der Waals surface area contributed by atoms with Crippen molar-refractivity contribution in [2.24, 2.45) is 0 Å². The molecule has 1 saturated heterocycles. The van der Waals surface area contributed by atoms with Crippen molar-refractivity contribution in [2.75, 3.05) is 25.1 Å². The van der Waals surface area contributed by atoms with Gasteiger partial charge in [-0.05, 0) is 55.7 Å². The molecule has 0 atom stereocenters. The van der Waals surface area contributed by atoms with Crippen molar-refractivity contribution in [1.29, 1.82) is 0 Å². The Hall–Kier alpha value is -2.62. The van der Waals surface area contributed by atoms with Gasteiger partial charge in [0, 0.05) is 24.0 Å². The molecule has 4 nitrogen and oxygen atoms in total. The number of hydrogen-bond donors (Lipinski definition) is 0. The number of hydrogen-bond acceptors (Lipinski definition) is 4. The summed E-state index contributed by atoms with van der Waals surface area (Å²) in [6, 6.07) is 14.4. The molecule has 4 rings (SSSR count). The third-order valence-corrected chi connectivity index (χ3v) is 4.64. The predicted molar refractivity (Wildman–Crippen MR) is 97.7 cm³/mol. The Bertz CT molecular complexity index is 885. The fourth-order valence-corrected chi connectivity index (χ4v) is 3.38. The number of nitrogens with zero attached hydrogens (tertiary/aromatic N) is 3. The van der Waals surface area contributed by atoms with E-state index in [1.165, 1.54) is 12.8 Å². The van der Waals surface area contributed by atoms with Gasteiger partial charge in [0.05, 0.1) is 12.6 Å². The van der Waals surface area contributed by atoms with E-state index in [2.05, 4.69) is 29.2 Å². The molecular formula is C20H21N3O. The average Bonchev–Trinajstić information content (AvgIpc) is 3.15. The van der Waals surface area contributed by atoms with Crippen LogP contribution >= 0.6 is 0 Å². The minimum Gasteiger partial charge on any atom is -0.496 e. The number of rotatable bonds is 3. The Balaban J connectivity index is 1.88. The number of para-hydroxylation sites is 1. The van der Waals surface area contributed by atoms with Crippen LogP contribution < -0.4 is 9.64 Å². The maximum absolute atomic E-state index is 5.36. The van der Waals surface area contributed by atoms with Crippen LogP contribution in [0.3, 0.4) is 0 Å². The molecule has 0 saturated carbocycles. The Morgan fingerprint density at radius 3 is 2.54 bits per heavy atom. The van der Waals surface area contributed by atoms with Gasteiger partial charge in [0.1, 0.15) is 11.6 Å². The lowest BCUT2D eigenvalue weighted by Crippen LogP contribution is -2.19. The van der Waals surface area contributed by atoms with E-state index in [1.807, 2.05) is 25.1 Å². The first-order valence-corrected chi connectivity index (χ1v) is 8.43. The van der Waals surface area contributed by atoms with Gasteiger partial charge in [0.2, 0.25) is 0 Å². The molecule has 1 fully saturated rings. The van der Waals surface area contributed by atoms with Crippen LogP contribution in [0, 0.1) is 6.92 Å². The summed E-state index contributed by atoms with van der Waals surface area (Å²) in [5.74, 6) is 2.72. The highest BCUT2D eigenvalue weighted by molar-refractivity contribution is 5.91. The lowest BCUT2D eigenvalue weighted by Gasteiger charge is -2.19. The molecular weight excluding hydrogens is 298 g/mol.